The number of aromatic nitrogens is 3. The van der Waals surface area contributed by atoms with Crippen LogP contribution in [0.4, 0.5) is 0 Å². The van der Waals surface area contributed by atoms with Gasteiger partial charge in [0.05, 0.1) is 11.3 Å². The Morgan fingerprint density at radius 1 is 1.60 bits per heavy atom. The largest absolute Gasteiger partial charge is 0.350 e. The van der Waals surface area contributed by atoms with Crippen molar-refractivity contribution >= 4 is 16.9 Å². The number of rotatable bonds is 4. The van der Waals surface area contributed by atoms with E-state index < -0.39 is 0 Å². The van der Waals surface area contributed by atoms with Crippen LogP contribution in [0.15, 0.2) is 12.3 Å². The van der Waals surface area contributed by atoms with E-state index in [1.54, 1.807) is 10.9 Å². The maximum Gasteiger partial charge on any atom is 0.252 e. The zero-order chi connectivity index (χ0) is 14.3. The van der Waals surface area contributed by atoms with Crippen molar-refractivity contribution in [3.8, 4) is 0 Å². The number of nitrogens with zero attached hydrogens (tertiary/aromatic N) is 3. The fourth-order valence-electron chi connectivity index (χ4n) is 2.44. The molecule has 3 N–H and O–H groups in total. The molecule has 1 atom stereocenters. The molecule has 106 valence electrons. The minimum Gasteiger partial charge on any atom is -0.350 e. The highest BCUT2D eigenvalue weighted by Gasteiger charge is 2.28. The normalized spacial score (nSPS) is 16.4. The average Bonchev–Trinajstić information content (AvgIpc) is 3.24. The Labute approximate surface area is 117 Å². The summed E-state index contributed by atoms with van der Waals surface area (Å²) < 4.78 is 1.72. The van der Waals surface area contributed by atoms with Gasteiger partial charge in [0.1, 0.15) is 0 Å². The number of aryl methyl sites for hydroxylation is 2. The van der Waals surface area contributed by atoms with Gasteiger partial charge in [-0.15, -0.1) is 0 Å². The molecule has 1 unspecified atom stereocenters. The number of nitrogens with two attached hydrogens (primary N) is 1. The molecule has 0 aromatic carbocycles. The monoisotopic (exact) mass is 273 g/mol. The number of hydrogen-bond donors (Lipinski definition) is 2. The van der Waals surface area contributed by atoms with E-state index in [9.17, 15) is 4.79 Å². The summed E-state index contributed by atoms with van der Waals surface area (Å²) in [6.07, 6.45) is 3.94. The van der Waals surface area contributed by atoms with Gasteiger partial charge in [-0.25, -0.2) is 4.98 Å². The summed E-state index contributed by atoms with van der Waals surface area (Å²) in [5, 5.41) is 8.09. The molecule has 6 nitrogen and oxygen atoms in total. The average molecular weight is 273 g/mol. The number of carbonyl (C=O) groups is 1. The molecule has 2 aromatic heterocycles. The van der Waals surface area contributed by atoms with E-state index in [1.165, 1.54) is 12.8 Å². The zero-order valence-corrected chi connectivity index (χ0v) is 11.8. The smallest absolute Gasteiger partial charge is 0.252 e. The second kappa shape index (κ2) is 4.86. The molecule has 1 fully saturated rings. The second-order valence-electron chi connectivity index (χ2n) is 5.52. The zero-order valence-electron chi connectivity index (χ0n) is 11.8. The SMILES string of the molecule is Cc1nn(C)c2ncc(C(=O)NCC(N)C3CC3)cc12. The number of hydrogen-bond acceptors (Lipinski definition) is 4. The molecule has 2 heterocycles. The molecule has 0 spiro atoms. The van der Waals surface area contributed by atoms with Crippen LogP contribution >= 0.6 is 0 Å². The fourth-order valence-corrected chi connectivity index (χ4v) is 2.44. The van der Waals surface area contributed by atoms with Crippen molar-refractivity contribution in [2.45, 2.75) is 25.8 Å². The number of nitrogens with one attached hydrogen (secondary N) is 1. The Balaban J connectivity index is 1.75. The summed E-state index contributed by atoms with van der Waals surface area (Å²) in [5.74, 6) is 0.454. The lowest BCUT2D eigenvalue weighted by Crippen LogP contribution is -2.38. The summed E-state index contributed by atoms with van der Waals surface area (Å²) in [7, 11) is 1.84. The predicted molar refractivity (Wildman–Crippen MR) is 76.3 cm³/mol. The maximum atomic E-state index is 12.1. The van der Waals surface area contributed by atoms with Crippen molar-refractivity contribution in [3.05, 3.63) is 23.5 Å². The molecule has 3 rings (SSSR count). The van der Waals surface area contributed by atoms with Gasteiger partial charge in [0, 0.05) is 31.2 Å². The summed E-state index contributed by atoms with van der Waals surface area (Å²) in [4.78, 5) is 16.4. The quantitative estimate of drug-likeness (QED) is 0.860. The summed E-state index contributed by atoms with van der Waals surface area (Å²) >= 11 is 0. The summed E-state index contributed by atoms with van der Waals surface area (Å²) in [5.41, 5.74) is 8.19. The first kappa shape index (κ1) is 13.1. The van der Waals surface area contributed by atoms with Gasteiger partial charge in [0.25, 0.3) is 5.91 Å². The molecular formula is C14H19N5O. The Hall–Kier alpha value is -1.95. The first-order valence-electron chi connectivity index (χ1n) is 6.89. The van der Waals surface area contributed by atoms with Crippen LogP contribution in [0.3, 0.4) is 0 Å². The van der Waals surface area contributed by atoms with E-state index in [0.29, 0.717) is 18.0 Å². The van der Waals surface area contributed by atoms with Crippen molar-refractivity contribution in [2.24, 2.45) is 18.7 Å². The minimum atomic E-state index is -0.126. The van der Waals surface area contributed by atoms with Crippen molar-refractivity contribution in [2.75, 3.05) is 6.54 Å². The standard InChI is InChI=1S/C14H19N5O/c1-8-11-5-10(6-16-13(11)19(2)18-8)14(20)17-7-12(15)9-3-4-9/h5-6,9,12H,3-4,7,15H2,1-2H3,(H,17,20). The van der Waals surface area contributed by atoms with Gasteiger partial charge in [-0.1, -0.05) is 0 Å². The lowest BCUT2D eigenvalue weighted by atomic mass is 10.1. The molecule has 0 saturated heterocycles. The number of fused-ring (bicyclic) bond motifs is 1. The minimum absolute atomic E-state index is 0.0655. The van der Waals surface area contributed by atoms with Crippen molar-refractivity contribution in [1.82, 2.24) is 20.1 Å². The predicted octanol–water partition coefficient (Wildman–Crippen LogP) is 0.744. The van der Waals surface area contributed by atoms with Crippen molar-refractivity contribution in [3.63, 3.8) is 0 Å². The van der Waals surface area contributed by atoms with Crippen molar-refractivity contribution in [1.29, 1.82) is 0 Å². The molecule has 1 amide bonds. The van der Waals surface area contributed by atoms with E-state index in [-0.39, 0.29) is 11.9 Å². The van der Waals surface area contributed by atoms with E-state index >= 15 is 0 Å². The van der Waals surface area contributed by atoms with Gasteiger partial charge >= 0.3 is 0 Å². The molecule has 1 saturated carbocycles. The Morgan fingerprint density at radius 3 is 3.05 bits per heavy atom. The molecular weight excluding hydrogens is 254 g/mol. The van der Waals surface area contributed by atoms with E-state index in [4.69, 9.17) is 5.73 Å². The van der Waals surface area contributed by atoms with Crippen LogP contribution < -0.4 is 11.1 Å². The molecule has 2 aromatic rings. The first-order valence-corrected chi connectivity index (χ1v) is 6.89. The maximum absolute atomic E-state index is 12.1. The number of amides is 1. The lowest BCUT2D eigenvalue weighted by Gasteiger charge is -2.11. The van der Waals surface area contributed by atoms with Gasteiger partial charge in [-0.2, -0.15) is 5.10 Å². The highest BCUT2D eigenvalue weighted by atomic mass is 16.1. The van der Waals surface area contributed by atoms with Crippen LogP contribution in [-0.2, 0) is 7.05 Å². The van der Waals surface area contributed by atoms with Crippen molar-refractivity contribution < 1.29 is 4.79 Å². The van der Waals surface area contributed by atoms with Crippen LogP contribution in [0, 0.1) is 12.8 Å². The second-order valence-corrected chi connectivity index (χ2v) is 5.52. The van der Waals surface area contributed by atoms with Crippen LogP contribution in [0.2, 0.25) is 0 Å². The van der Waals surface area contributed by atoms with E-state index in [2.05, 4.69) is 15.4 Å². The van der Waals surface area contributed by atoms with Gasteiger partial charge < -0.3 is 11.1 Å². The summed E-state index contributed by atoms with van der Waals surface area (Å²) in [6, 6.07) is 1.90. The third-order valence-electron chi connectivity index (χ3n) is 3.85. The highest BCUT2D eigenvalue weighted by Crippen LogP contribution is 2.31. The van der Waals surface area contributed by atoms with Crippen LogP contribution in [0.1, 0.15) is 28.9 Å². The van der Waals surface area contributed by atoms with Crippen LogP contribution in [-0.4, -0.2) is 33.3 Å². The molecule has 0 aliphatic heterocycles. The van der Waals surface area contributed by atoms with Gasteiger partial charge in [-0.3, -0.25) is 9.48 Å². The molecule has 6 heteroatoms. The Morgan fingerprint density at radius 2 is 2.35 bits per heavy atom. The van der Waals surface area contributed by atoms with E-state index in [0.717, 1.165) is 16.7 Å². The first-order chi connectivity index (χ1) is 9.56. The lowest BCUT2D eigenvalue weighted by molar-refractivity contribution is 0.0950. The molecule has 1 aliphatic rings. The van der Waals surface area contributed by atoms with Gasteiger partial charge in [0.2, 0.25) is 0 Å². The topological polar surface area (TPSA) is 85.8 Å². The molecule has 20 heavy (non-hydrogen) atoms. The third kappa shape index (κ3) is 2.38. The molecule has 0 radical (unpaired) electrons. The Kier molecular flexibility index (Phi) is 3.17. The Bertz CT molecular complexity index is 659. The van der Waals surface area contributed by atoms with Gasteiger partial charge in [0.15, 0.2) is 5.65 Å². The molecule has 1 aliphatic carbocycles. The molecule has 0 bridgehead atoms. The highest BCUT2D eigenvalue weighted by molar-refractivity contribution is 5.97. The van der Waals surface area contributed by atoms with Gasteiger partial charge in [-0.05, 0) is 31.7 Å². The number of pyridine rings is 1. The third-order valence-corrected chi connectivity index (χ3v) is 3.85. The van der Waals surface area contributed by atoms with Crippen LogP contribution in [0.5, 0.6) is 0 Å². The number of carbonyl (C=O) groups excluding carboxylic acids is 1. The summed E-state index contributed by atoms with van der Waals surface area (Å²) in [6.45, 7) is 2.43. The van der Waals surface area contributed by atoms with E-state index in [1.807, 2.05) is 20.0 Å². The van der Waals surface area contributed by atoms with Crippen LogP contribution in [0.25, 0.3) is 11.0 Å². The fraction of sp³-hybridized carbons (Fsp3) is 0.500.